The molecule has 154 valence electrons. The lowest BCUT2D eigenvalue weighted by molar-refractivity contribution is -0.123. The average Bonchev–Trinajstić information content (AvgIpc) is 3.42. The summed E-state index contributed by atoms with van der Waals surface area (Å²) >= 11 is 14.2. The zero-order valence-corrected chi connectivity index (χ0v) is 19.0. The molecule has 0 atom stereocenters. The number of hydrogen-bond donors (Lipinski definition) is 2. The van der Waals surface area contributed by atoms with Crippen LogP contribution in [0.2, 0.25) is 5.02 Å². The molecule has 1 aliphatic rings. The molecule has 2 amide bonds. The number of thiophene rings is 1. The highest BCUT2D eigenvalue weighted by Crippen LogP contribution is 2.33. The number of halogens is 1. The first kappa shape index (κ1) is 21.1. The van der Waals surface area contributed by atoms with Crippen molar-refractivity contribution in [3.05, 3.63) is 62.3 Å². The Kier molecular flexibility index (Phi) is 6.58. The zero-order chi connectivity index (χ0) is 21.1. The van der Waals surface area contributed by atoms with Gasteiger partial charge in [-0.15, -0.1) is 11.3 Å². The van der Waals surface area contributed by atoms with E-state index in [2.05, 4.69) is 10.3 Å². The van der Waals surface area contributed by atoms with Crippen LogP contribution in [-0.2, 0) is 16.0 Å². The van der Waals surface area contributed by atoms with Crippen molar-refractivity contribution in [3.8, 4) is 0 Å². The van der Waals surface area contributed by atoms with E-state index >= 15 is 0 Å². The Labute approximate surface area is 192 Å². The van der Waals surface area contributed by atoms with Crippen molar-refractivity contribution in [3.63, 3.8) is 0 Å². The number of carbonyl (C=O) groups excluding carboxylic acids is 2. The monoisotopic (exact) mass is 475 g/mol. The number of amides is 2. The Morgan fingerprint density at radius 2 is 2.20 bits per heavy atom. The molecule has 2 N–H and O–H groups in total. The average molecular weight is 476 g/mol. The zero-order valence-electron chi connectivity index (χ0n) is 15.8. The van der Waals surface area contributed by atoms with Crippen LogP contribution in [0.5, 0.6) is 0 Å². The van der Waals surface area contributed by atoms with Gasteiger partial charge in [-0.1, -0.05) is 41.6 Å². The first-order chi connectivity index (χ1) is 14.5. The summed E-state index contributed by atoms with van der Waals surface area (Å²) in [6, 6.07) is 9.59. The summed E-state index contributed by atoms with van der Waals surface area (Å²) in [6.45, 7) is 0.788. The second-order valence-corrected chi connectivity index (χ2v) is 9.79. The molecule has 0 radical (unpaired) electrons. The van der Waals surface area contributed by atoms with E-state index in [9.17, 15) is 9.59 Å². The third-order valence-electron chi connectivity index (χ3n) is 4.70. The molecule has 5 nitrogen and oxygen atoms in total. The highest BCUT2D eigenvalue weighted by atomic mass is 35.5. The van der Waals surface area contributed by atoms with Gasteiger partial charge in [0, 0.05) is 46.5 Å². The number of thiocarbonyl (C=S) groups is 1. The molecule has 1 aromatic carbocycles. The standard InChI is InChI=1S/C21H18ClN3O2S3/c22-14-3-4-17-16(10-14)13(12-24-17)5-7-23-19(26)6-8-25-20(27)18(30-21(25)28)11-15-2-1-9-29-15/h1-4,9-12,24H,5-8H2,(H,23,26)/b18-11-. The van der Waals surface area contributed by atoms with Gasteiger partial charge in [0.05, 0.1) is 4.91 Å². The van der Waals surface area contributed by atoms with Gasteiger partial charge in [0.1, 0.15) is 4.32 Å². The molecule has 1 saturated heterocycles. The topological polar surface area (TPSA) is 65.2 Å². The minimum atomic E-state index is -0.137. The van der Waals surface area contributed by atoms with Gasteiger partial charge < -0.3 is 10.3 Å². The fourth-order valence-electron chi connectivity index (χ4n) is 3.19. The maximum atomic E-state index is 12.6. The van der Waals surface area contributed by atoms with E-state index < -0.39 is 0 Å². The second kappa shape index (κ2) is 9.34. The summed E-state index contributed by atoms with van der Waals surface area (Å²) in [5.74, 6) is -0.244. The van der Waals surface area contributed by atoms with E-state index in [-0.39, 0.29) is 24.8 Å². The number of rotatable bonds is 7. The van der Waals surface area contributed by atoms with Gasteiger partial charge in [-0.2, -0.15) is 0 Å². The van der Waals surface area contributed by atoms with Gasteiger partial charge in [-0.3, -0.25) is 14.5 Å². The van der Waals surface area contributed by atoms with Crippen molar-refractivity contribution in [2.45, 2.75) is 12.8 Å². The number of aromatic amines is 1. The summed E-state index contributed by atoms with van der Waals surface area (Å²) in [5.41, 5.74) is 2.12. The molecule has 30 heavy (non-hydrogen) atoms. The van der Waals surface area contributed by atoms with Crippen LogP contribution in [0.25, 0.3) is 17.0 Å². The molecule has 3 heterocycles. The molecule has 1 fully saturated rings. The Morgan fingerprint density at radius 3 is 3.00 bits per heavy atom. The van der Waals surface area contributed by atoms with Crippen molar-refractivity contribution in [1.29, 1.82) is 0 Å². The van der Waals surface area contributed by atoms with E-state index in [0.29, 0.717) is 27.2 Å². The fraction of sp³-hybridized carbons (Fsp3) is 0.190. The van der Waals surface area contributed by atoms with Crippen LogP contribution < -0.4 is 5.32 Å². The molecule has 9 heteroatoms. The smallest absolute Gasteiger partial charge is 0.266 e. The lowest BCUT2D eigenvalue weighted by Gasteiger charge is -2.14. The second-order valence-electron chi connectivity index (χ2n) is 6.70. The third-order valence-corrected chi connectivity index (χ3v) is 7.13. The minimum absolute atomic E-state index is 0.107. The maximum absolute atomic E-state index is 12.6. The molecule has 2 aromatic heterocycles. The van der Waals surface area contributed by atoms with Crippen LogP contribution in [0.3, 0.4) is 0 Å². The third kappa shape index (κ3) is 4.78. The number of nitrogens with one attached hydrogen (secondary N) is 2. The Hall–Kier alpha value is -2.13. The maximum Gasteiger partial charge on any atom is 0.266 e. The summed E-state index contributed by atoms with van der Waals surface area (Å²) in [7, 11) is 0. The number of H-pyrrole nitrogens is 1. The quantitative estimate of drug-likeness (QED) is 0.379. The summed E-state index contributed by atoms with van der Waals surface area (Å²) < 4.78 is 0.492. The fourth-order valence-corrected chi connectivity index (χ4v) is 5.39. The molecule has 0 bridgehead atoms. The van der Waals surface area contributed by atoms with Crippen LogP contribution in [0.1, 0.15) is 16.9 Å². The molecular formula is C21H18ClN3O2S3. The minimum Gasteiger partial charge on any atom is -0.361 e. The summed E-state index contributed by atoms with van der Waals surface area (Å²) in [4.78, 5) is 31.2. The van der Waals surface area contributed by atoms with Crippen LogP contribution >= 0.6 is 46.9 Å². The molecular weight excluding hydrogens is 458 g/mol. The van der Waals surface area contributed by atoms with Crippen molar-refractivity contribution < 1.29 is 9.59 Å². The van der Waals surface area contributed by atoms with Crippen molar-refractivity contribution in [1.82, 2.24) is 15.2 Å². The number of hydrogen-bond acceptors (Lipinski definition) is 5. The van der Waals surface area contributed by atoms with E-state index in [1.54, 1.807) is 11.3 Å². The number of aromatic nitrogens is 1. The first-order valence-electron chi connectivity index (χ1n) is 9.32. The van der Waals surface area contributed by atoms with Crippen LogP contribution in [-0.4, -0.2) is 39.1 Å². The molecule has 1 aliphatic heterocycles. The van der Waals surface area contributed by atoms with E-state index in [4.69, 9.17) is 23.8 Å². The summed E-state index contributed by atoms with van der Waals surface area (Å²) in [6.07, 6.45) is 4.68. The number of carbonyl (C=O) groups is 2. The normalized spacial score (nSPS) is 15.5. The number of thioether (sulfide) groups is 1. The molecule has 4 rings (SSSR count). The molecule has 0 saturated carbocycles. The van der Waals surface area contributed by atoms with Crippen molar-refractivity contribution in [2.75, 3.05) is 13.1 Å². The van der Waals surface area contributed by atoms with Crippen LogP contribution in [0.4, 0.5) is 0 Å². The SMILES string of the molecule is O=C(CCN1C(=O)/C(=C/c2cccs2)SC1=S)NCCc1c[nH]c2ccc(Cl)cc12. The lowest BCUT2D eigenvalue weighted by atomic mass is 10.1. The predicted octanol–water partition coefficient (Wildman–Crippen LogP) is 4.83. The largest absolute Gasteiger partial charge is 0.361 e. The van der Waals surface area contributed by atoms with Crippen LogP contribution in [0, 0.1) is 0 Å². The van der Waals surface area contributed by atoms with Gasteiger partial charge >= 0.3 is 0 Å². The van der Waals surface area contributed by atoms with Gasteiger partial charge in [-0.05, 0) is 47.7 Å². The van der Waals surface area contributed by atoms with Crippen molar-refractivity contribution >= 4 is 80.0 Å². The van der Waals surface area contributed by atoms with E-state index in [1.807, 2.05) is 48.0 Å². The van der Waals surface area contributed by atoms with Crippen molar-refractivity contribution in [2.24, 2.45) is 0 Å². The number of fused-ring (bicyclic) bond motifs is 1. The Bertz CT molecular complexity index is 1140. The first-order valence-corrected chi connectivity index (χ1v) is 11.8. The number of benzene rings is 1. The number of nitrogens with zero attached hydrogens (tertiary/aromatic N) is 1. The molecule has 3 aromatic rings. The van der Waals surface area contributed by atoms with Gasteiger partial charge in [0.25, 0.3) is 5.91 Å². The van der Waals surface area contributed by atoms with Gasteiger partial charge in [0.2, 0.25) is 5.91 Å². The molecule has 0 unspecified atom stereocenters. The highest BCUT2D eigenvalue weighted by molar-refractivity contribution is 8.26. The van der Waals surface area contributed by atoms with Gasteiger partial charge in [-0.25, -0.2) is 0 Å². The highest BCUT2D eigenvalue weighted by Gasteiger charge is 2.32. The lowest BCUT2D eigenvalue weighted by Crippen LogP contribution is -2.34. The Morgan fingerprint density at radius 1 is 1.33 bits per heavy atom. The molecule has 0 aliphatic carbocycles. The van der Waals surface area contributed by atoms with E-state index in [0.717, 1.165) is 21.3 Å². The molecule has 0 spiro atoms. The summed E-state index contributed by atoms with van der Waals surface area (Å²) in [5, 5.41) is 6.62. The predicted molar refractivity (Wildman–Crippen MR) is 129 cm³/mol. The Balaban J connectivity index is 1.27. The van der Waals surface area contributed by atoms with Gasteiger partial charge in [0.15, 0.2) is 0 Å². The van der Waals surface area contributed by atoms with Crippen LogP contribution in [0.15, 0.2) is 46.8 Å². The van der Waals surface area contributed by atoms with E-state index in [1.165, 1.54) is 16.7 Å².